The third kappa shape index (κ3) is 3.99. The molecule has 1 aromatic carbocycles. The summed E-state index contributed by atoms with van der Waals surface area (Å²) in [6.07, 6.45) is 0.449. The van der Waals surface area contributed by atoms with E-state index in [0.29, 0.717) is 0 Å². The first kappa shape index (κ1) is 16.3. The van der Waals surface area contributed by atoms with Crippen LogP contribution in [0.1, 0.15) is 54.9 Å². The van der Waals surface area contributed by atoms with Crippen LogP contribution in [0.4, 0.5) is 13.2 Å². The van der Waals surface area contributed by atoms with Crippen molar-refractivity contribution in [3.05, 3.63) is 33.8 Å². The molecule has 1 aliphatic carbocycles. The van der Waals surface area contributed by atoms with Crippen LogP contribution in [0.5, 0.6) is 0 Å². The number of carbonyl (C=O) groups excluding carboxylic acids is 1. The molecule has 1 aliphatic rings. The summed E-state index contributed by atoms with van der Waals surface area (Å²) in [4.78, 5) is 12.2. The molecule has 1 aromatic rings. The SMILES string of the molecule is CC1(NC(=O)c2ccc(Br)c(C(F)(F)F)c2)CCCCC1. The Kier molecular flexibility index (Phi) is 4.66. The average Bonchev–Trinajstić information content (AvgIpc) is 2.38. The van der Waals surface area contributed by atoms with Gasteiger partial charge in [-0.25, -0.2) is 0 Å². The second-order valence-electron chi connectivity index (χ2n) is 5.77. The molecule has 0 atom stereocenters. The number of nitrogens with one attached hydrogen (secondary N) is 1. The molecule has 0 aliphatic heterocycles. The van der Waals surface area contributed by atoms with Gasteiger partial charge in [0.15, 0.2) is 0 Å². The Morgan fingerprint density at radius 1 is 1.24 bits per heavy atom. The number of halogens is 4. The summed E-state index contributed by atoms with van der Waals surface area (Å²) in [5, 5.41) is 2.89. The fraction of sp³-hybridized carbons (Fsp3) is 0.533. The van der Waals surface area contributed by atoms with Gasteiger partial charge in [0.05, 0.1) is 5.56 Å². The van der Waals surface area contributed by atoms with Crippen LogP contribution in [0.3, 0.4) is 0 Å². The van der Waals surface area contributed by atoms with Gasteiger partial charge in [0.2, 0.25) is 0 Å². The van der Waals surface area contributed by atoms with Crippen molar-refractivity contribution in [3.8, 4) is 0 Å². The van der Waals surface area contributed by atoms with Crippen LogP contribution in [-0.2, 0) is 6.18 Å². The van der Waals surface area contributed by atoms with Gasteiger partial charge in [-0.15, -0.1) is 0 Å². The van der Waals surface area contributed by atoms with E-state index in [4.69, 9.17) is 0 Å². The smallest absolute Gasteiger partial charge is 0.347 e. The van der Waals surface area contributed by atoms with E-state index in [1.165, 1.54) is 12.1 Å². The third-order valence-electron chi connectivity index (χ3n) is 3.91. The maximum atomic E-state index is 12.9. The van der Waals surface area contributed by atoms with E-state index in [-0.39, 0.29) is 15.6 Å². The van der Waals surface area contributed by atoms with Crippen LogP contribution in [0.15, 0.2) is 22.7 Å². The van der Waals surface area contributed by atoms with Gasteiger partial charge in [0.1, 0.15) is 0 Å². The lowest BCUT2D eigenvalue weighted by molar-refractivity contribution is -0.138. The first-order valence-corrected chi connectivity index (χ1v) is 7.70. The highest BCUT2D eigenvalue weighted by Gasteiger charge is 2.34. The molecule has 0 spiro atoms. The van der Waals surface area contributed by atoms with Gasteiger partial charge in [0, 0.05) is 15.6 Å². The predicted molar refractivity (Wildman–Crippen MR) is 78.1 cm³/mol. The van der Waals surface area contributed by atoms with E-state index in [9.17, 15) is 18.0 Å². The lowest BCUT2D eigenvalue weighted by Gasteiger charge is -2.34. The Labute approximate surface area is 130 Å². The van der Waals surface area contributed by atoms with Crippen molar-refractivity contribution >= 4 is 21.8 Å². The van der Waals surface area contributed by atoms with Crippen molar-refractivity contribution in [2.45, 2.75) is 50.7 Å². The van der Waals surface area contributed by atoms with Gasteiger partial charge in [0.25, 0.3) is 5.91 Å². The summed E-state index contributed by atoms with van der Waals surface area (Å²) in [7, 11) is 0. The zero-order chi connectivity index (χ0) is 15.7. The molecule has 2 nitrogen and oxygen atoms in total. The summed E-state index contributed by atoms with van der Waals surface area (Å²) in [5.74, 6) is -0.447. The molecule has 2 rings (SSSR count). The summed E-state index contributed by atoms with van der Waals surface area (Å²) in [6.45, 7) is 1.95. The summed E-state index contributed by atoms with van der Waals surface area (Å²) < 4.78 is 38.5. The number of hydrogen-bond donors (Lipinski definition) is 1. The lowest BCUT2D eigenvalue weighted by atomic mass is 9.83. The minimum absolute atomic E-state index is 0.0392. The minimum Gasteiger partial charge on any atom is -0.347 e. The Morgan fingerprint density at radius 3 is 2.43 bits per heavy atom. The van der Waals surface area contributed by atoms with E-state index in [0.717, 1.165) is 38.2 Å². The maximum Gasteiger partial charge on any atom is 0.417 e. The fourth-order valence-electron chi connectivity index (χ4n) is 2.69. The Hall–Kier alpha value is -1.04. The van der Waals surface area contributed by atoms with Crippen molar-refractivity contribution in [3.63, 3.8) is 0 Å². The molecule has 0 unspecified atom stereocenters. The molecule has 0 radical (unpaired) electrons. The van der Waals surface area contributed by atoms with E-state index < -0.39 is 17.6 Å². The summed E-state index contributed by atoms with van der Waals surface area (Å²) >= 11 is 2.87. The number of rotatable bonds is 2. The van der Waals surface area contributed by atoms with E-state index in [1.807, 2.05) is 6.92 Å². The Balaban J connectivity index is 2.20. The molecule has 0 heterocycles. The Bertz CT molecular complexity index is 536. The molecular weight excluding hydrogens is 347 g/mol. The monoisotopic (exact) mass is 363 g/mol. The zero-order valence-electron chi connectivity index (χ0n) is 11.7. The van der Waals surface area contributed by atoms with Crippen molar-refractivity contribution < 1.29 is 18.0 Å². The van der Waals surface area contributed by atoms with E-state index in [1.54, 1.807) is 0 Å². The first-order chi connectivity index (χ1) is 9.71. The van der Waals surface area contributed by atoms with Crippen molar-refractivity contribution in [1.29, 1.82) is 0 Å². The van der Waals surface area contributed by atoms with Gasteiger partial charge >= 0.3 is 6.18 Å². The van der Waals surface area contributed by atoms with Crippen LogP contribution in [0.2, 0.25) is 0 Å². The van der Waals surface area contributed by atoms with Gasteiger partial charge in [-0.3, -0.25) is 4.79 Å². The van der Waals surface area contributed by atoms with Gasteiger partial charge < -0.3 is 5.32 Å². The average molecular weight is 364 g/mol. The largest absolute Gasteiger partial charge is 0.417 e. The molecule has 1 amide bonds. The van der Waals surface area contributed by atoms with Crippen LogP contribution < -0.4 is 5.32 Å². The molecule has 116 valence electrons. The minimum atomic E-state index is -4.48. The van der Waals surface area contributed by atoms with Crippen molar-refractivity contribution in [2.24, 2.45) is 0 Å². The second-order valence-corrected chi connectivity index (χ2v) is 6.62. The standard InChI is InChI=1S/C15H17BrF3NO/c1-14(7-3-2-4-8-14)20-13(21)10-5-6-12(16)11(9-10)15(17,18)19/h5-6,9H,2-4,7-8H2,1H3,(H,20,21). The number of alkyl halides is 3. The molecule has 1 saturated carbocycles. The predicted octanol–water partition coefficient (Wildman–Crippen LogP) is 4.92. The van der Waals surface area contributed by atoms with E-state index in [2.05, 4.69) is 21.2 Å². The van der Waals surface area contributed by atoms with Crippen molar-refractivity contribution in [2.75, 3.05) is 0 Å². The first-order valence-electron chi connectivity index (χ1n) is 6.91. The summed E-state index contributed by atoms with van der Waals surface area (Å²) in [6, 6.07) is 3.56. The molecule has 1 fully saturated rings. The molecule has 21 heavy (non-hydrogen) atoms. The normalized spacial score (nSPS) is 18.3. The molecule has 0 bridgehead atoms. The van der Waals surface area contributed by atoms with Crippen LogP contribution in [0, 0.1) is 0 Å². The topological polar surface area (TPSA) is 29.1 Å². The highest BCUT2D eigenvalue weighted by molar-refractivity contribution is 9.10. The van der Waals surface area contributed by atoms with Gasteiger partial charge in [-0.2, -0.15) is 13.2 Å². The highest BCUT2D eigenvalue weighted by atomic mass is 79.9. The number of benzene rings is 1. The third-order valence-corrected chi connectivity index (χ3v) is 4.60. The molecule has 6 heteroatoms. The van der Waals surface area contributed by atoms with E-state index >= 15 is 0 Å². The number of hydrogen-bond acceptors (Lipinski definition) is 1. The molecule has 0 aromatic heterocycles. The Morgan fingerprint density at radius 2 is 1.86 bits per heavy atom. The van der Waals surface area contributed by atoms with Crippen LogP contribution in [0.25, 0.3) is 0 Å². The molecule has 0 saturated heterocycles. The number of carbonyl (C=O) groups is 1. The zero-order valence-corrected chi connectivity index (χ0v) is 13.3. The highest BCUT2D eigenvalue weighted by Crippen LogP contribution is 2.35. The van der Waals surface area contributed by atoms with Crippen LogP contribution >= 0.6 is 15.9 Å². The van der Waals surface area contributed by atoms with Gasteiger partial charge in [-0.1, -0.05) is 35.2 Å². The van der Waals surface area contributed by atoms with Gasteiger partial charge in [-0.05, 0) is 38.0 Å². The second kappa shape index (κ2) is 5.99. The fourth-order valence-corrected chi connectivity index (χ4v) is 3.16. The van der Waals surface area contributed by atoms with Crippen LogP contribution in [-0.4, -0.2) is 11.4 Å². The lowest BCUT2D eigenvalue weighted by Crippen LogP contribution is -2.47. The maximum absolute atomic E-state index is 12.9. The quantitative estimate of drug-likeness (QED) is 0.793. The van der Waals surface area contributed by atoms with Crippen molar-refractivity contribution in [1.82, 2.24) is 5.32 Å². The number of amides is 1. The summed E-state index contributed by atoms with van der Waals surface area (Å²) in [5.41, 5.74) is -1.11. The molecule has 1 N–H and O–H groups in total. The molecular formula is C15H17BrF3NO.